The van der Waals surface area contributed by atoms with Gasteiger partial charge in [-0.2, -0.15) is 5.26 Å². The van der Waals surface area contributed by atoms with Crippen LogP contribution in [-0.4, -0.2) is 18.6 Å². The van der Waals surface area contributed by atoms with Crippen molar-refractivity contribution in [3.05, 3.63) is 28.2 Å². The van der Waals surface area contributed by atoms with Gasteiger partial charge >= 0.3 is 0 Å². The Morgan fingerprint density at radius 1 is 1.48 bits per heavy atom. The number of hydrogen-bond acceptors (Lipinski definition) is 3. The largest absolute Gasteiger partial charge is 0.496 e. The number of carbonyl (C=O) groups excluding carboxylic acids is 1. The summed E-state index contributed by atoms with van der Waals surface area (Å²) in [4.78, 5) is 12.5. The Morgan fingerprint density at radius 3 is 2.71 bits per heavy atom. The molecule has 0 aromatic heterocycles. The van der Waals surface area contributed by atoms with Gasteiger partial charge in [0.15, 0.2) is 0 Å². The molecule has 4 nitrogen and oxygen atoms in total. The molecule has 1 aliphatic carbocycles. The van der Waals surface area contributed by atoms with E-state index in [4.69, 9.17) is 4.74 Å². The Balaban J connectivity index is 2.19. The van der Waals surface area contributed by atoms with Crippen LogP contribution in [0.25, 0.3) is 0 Å². The zero-order chi connectivity index (χ0) is 15.5. The summed E-state index contributed by atoms with van der Waals surface area (Å²) in [7, 11) is 1.53. The van der Waals surface area contributed by atoms with Gasteiger partial charge in [-0.3, -0.25) is 4.79 Å². The molecule has 0 heterocycles. The van der Waals surface area contributed by atoms with E-state index in [0.29, 0.717) is 30.1 Å². The highest BCUT2D eigenvalue weighted by molar-refractivity contribution is 9.10. The van der Waals surface area contributed by atoms with Gasteiger partial charge in [0.1, 0.15) is 11.3 Å². The van der Waals surface area contributed by atoms with Crippen molar-refractivity contribution < 1.29 is 9.53 Å². The molecule has 1 aliphatic rings. The molecule has 1 aromatic carbocycles. The number of nitrogens with zero attached hydrogens (tertiary/aromatic N) is 1. The Kier molecular flexibility index (Phi) is 4.89. The van der Waals surface area contributed by atoms with Gasteiger partial charge < -0.3 is 10.1 Å². The summed E-state index contributed by atoms with van der Waals surface area (Å²) >= 11 is 3.35. The predicted octanol–water partition coefficient (Wildman–Crippen LogP) is 3.66. The van der Waals surface area contributed by atoms with Gasteiger partial charge in [-0.15, -0.1) is 0 Å². The monoisotopic (exact) mass is 350 g/mol. The molecule has 2 rings (SSSR count). The minimum Gasteiger partial charge on any atom is -0.496 e. The van der Waals surface area contributed by atoms with Crippen molar-refractivity contribution in [3.8, 4) is 11.8 Å². The van der Waals surface area contributed by atoms with E-state index in [1.165, 1.54) is 7.11 Å². The standard InChI is InChI=1S/C16H19BrN2O2/c1-11-5-7-16(10-18,8-6-11)19-15(20)13-4-3-12(17)9-14(13)21-2/h3-4,9,11H,5-8H2,1-2H3,(H,19,20). The summed E-state index contributed by atoms with van der Waals surface area (Å²) in [6, 6.07) is 7.55. The summed E-state index contributed by atoms with van der Waals surface area (Å²) in [5.41, 5.74) is -0.296. The third kappa shape index (κ3) is 3.56. The summed E-state index contributed by atoms with van der Waals surface area (Å²) in [6.07, 6.45) is 3.33. The van der Waals surface area contributed by atoms with Crippen LogP contribution in [0.15, 0.2) is 22.7 Å². The van der Waals surface area contributed by atoms with Crippen LogP contribution in [0.4, 0.5) is 0 Å². The topological polar surface area (TPSA) is 62.1 Å². The fourth-order valence-electron chi connectivity index (χ4n) is 2.66. The molecule has 5 heteroatoms. The molecule has 21 heavy (non-hydrogen) atoms. The fourth-order valence-corrected chi connectivity index (χ4v) is 3.00. The van der Waals surface area contributed by atoms with Crippen LogP contribution in [0, 0.1) is 17.2 Å². The van der Waals surface area contributed by atoms with Gasteiger partial charge in [0.2, 0.25) is 0 Å². The number of rotatable bonds is 3. The summed E-state index contributed by atoms with van der Waals surface area (Å²) in [6.45, 7) is 2.18. The first-order valence-corrected chi connectivity index (χ1v) is 7.86. The molecule has 0 radical (unpaired) electrons. The molecular weight excluding hydrogens is 332 g/mol. The first-order chi connectivity index (χ1) is 9.99. The van der Waals surface area contributed by atoms with Crippen molar-refractivity contribution in [2.75, 3.05) is 7.11 Å². The fraction of sp³-hybridized carbons (Fsp3) is 0.500. The Labute approximate surface area is 133 Å². The maximum absolute atomic E-state index is 12.5. The number of halogens is 1. The molecule has 1 saturated carbocycles. The summed E-state index contributed by atoms with van der Waals surface area (Å²) in [5, 5.41) is 12.4. The molecule has 0 saturated heterocycles. The highest BCUT2D eigenvalue weighted by atomic mass is 79.9. The van der Waals surface area contributed by atoms with Gasteiger partial charge in [0, 0.05) is 4.47 Å². The van der Waals surface area contributed by atoms with E-state index >= 15 is 0 Å². The molecule has 0 spiro atoms. The van der Waals surface area contributed by atoms with Gasteiger partial charge in [-0.05, 0) is 49.8 Å². The van der Waals surface area contributed by atoms with Crippen molar-refractivity contribution in [3.63, 3.8) is 0 Å². The van der Waals surface area contributed by atoms with Gasteiger partial charge in [0.05, 0.1) is 18.7 Å². The number of nitriles is 1. The van der Waals surface area contributed by atoms with Crippen molar-refractivity contribution in [1.82, 2.24) is 5.32 Å². The second-order valence-electron chi connectivity index (χ2n) is 5.68. The van der Waals surface area contributed by atoms with Crippen molar-refractivity contribution in [2.45, 2.75) is 38.1 Å². The third-order valence-electron chi connectivity index (χ3n) is 4.10. The van der Waals surface area contributed by atoms with Crippen LogP contribution >= 0.6 is 15.9 Å². The van der Waals surface area contributed by atoms with E-state index in [0.717, 1.165) is 17.3 Å². The van der Waals surface area contributed by atoms with Crippen LogP contribution in [0.3, 0.4) is 0 Å². The van der Waals surface area contributed by atoms with E-state index in [1.54, 1.807) is 18.2 Å². The second-order valence-corrected chi connectivity index (χ2v) is 6.59. The maximum atomic E-state index is 12.5. The van der Waals surface area contributed by atoms with E-state index in [-0.39, 0.29) is 5.91 Å². The number of methoxy groups -OCH3 is 1. The predicted molar refractivity (Wildman–Crippen MR) is 84.1 cm³/mol. The summed E-state index contributed by atoms with van der Waals surface area (Å²) < 4.78 is 6.09. The van der Waals surface area contributed by atoms with E-state index in [1.807, 2.05) is 0 Å². The molecule has 112 valence electrons. The lowest BCUT2D eigenvalue weighted by atomic mass is 9.78. The first-order valence-electron chi connectivity index (χ1n) is 7.07. The number of amides is 1. The lowest BCUT2D eigenvalue weighted by Gasteiger charge is -2.34. The number of carbonyl (C=O) groups is 1. The minimum atomic E-state index is -0.748. The summed E-state index contributed by atoms with van der Waals surface area (Å²) in [5.74, 6) is 0.861. The van der Waals surface area contributed by atoms with Crippen LogP contribution in [0.2, 0.25) is 0 Å². The van der Waals surface area contributed by atoms with E-state index in [9.17, 15) is 10.1 Å². The molecule has 0 unspecified atom stereocenters. The van der Waals surface area contributed by atoms with Crippen LogP contribution in [0.1, 0.15) is 43.0 Å². The van der Waals surface area contributed by atoms with Crippen LogP contribution in [0.5, 0.6) is 5.75 Å². The van der Waals surface area contributed by atoms with Crippen LogP contribution < -0.4 is 10.1 Å². The van der Waals surface area contributed by atoms with Gasteiger partial charge in [-0.1, -0.05) is 22.9 Å². The quantitative estimate of drug-likeness (QED) is 0.904. The number of nitrogens with one attached hydrogen (secondary N) is 1. The lowest BCUT2D eigenvalue weighted by Crippen LogP contribution is -2.49. The normalized spacial score (nSPS) is 25.0. The van der Waals surface area contributed by atoms with Crippen molar-refractivity contribution >= 4 is 21.8 Å². The average Bonchev–Trinajstić information content (AvgIpc) is 2.49. The maximum Gasteiger partial charge on any atom is 0.256 e. The van der Waals surface area contributed by atoms with Gasteiger partial charge in [-0.25, -0.2) is 0 Å². The Morgan fingerprint density at radius 2 is 2.14 bits per heavy atom. The molecule has 1 fully saturated rings. The minimum absolute atomic E-state index is 0.254. The molecule has 0 aliphatic heterocycles. The molecular formula is C16H19BrN2O2. The van der Waals surface area contributed by atoms with Crippen LogP contribution in [-0.2, 0) is 0 Å². The second kappa shape index (κ2) is 6.48. The zero-order valence-corrected chi connectivity index (χ0v) is 13.9. The van der Waals surface area contributed by atoms with E-state index in [2.05, 4.69) is 34.2 Å². The smallest absolute Gasteiger partial charge is 0.256 e. The SMILES string of the molecule is COc1cc(Br)ccc1C(=O)NC1(C#N)CCC(C)CC1. The molecule has 0 bridgehead atoms. The zero-order valence-electron chi connectivity index (χ0n) is 12.3. The molecule has 1 aromatic rings. The van der Waals surface area contributed by atoms with Gasteiger partial charge in [0.25, 0.3) is 5.91 Å². The average molecular weight is 351 g/mol. The van der Waals surface area contributed by atoms with Crippen molar-refractivity contribution in [1.29, 1.82) is 5.26 Å². The van der Waals surface area contributed by atoms with Crippen molar-refractivity contribution in [2.24, 2.45) is 5.92 Å². The Bertz CT molecular complexity index is 572. The highest BCUT2D eigenvalue weighted by Gasteiger charge is 2.36. The van der Waals surface area contributed by atoms with E-state index < -0.39 is 5.54 Å². The third-order valence-corrected chi connectivity index (χ3v) is 4.60. The lowest BCUT2D eigenvalue weighted by molar-refractivity contribution is 0.0891. The number of ether oxygens (including phenoxy) is 1. The first kappa shape index (κ1) is 15.8. The Hall–Kier alpha value is -1.54. The number of benzene rings is 1. The molecule has 1 amide bonds. The highest BCUT2D eigenvalue weighted by Crippen LogP contribution is 2.32. The molecule has 0 atom stereocenters. The number of hydrogen-bond donors (Lipinski definition) is 1. The molecule has 1 N–H and O–H groups in total.